The quantitative estimate of drug-likeness (QED) is 0.661. The maximum absolute atomic E-state index is 11.9. The van der Waals surface area contributed by atoms with Crippen LogP contribution in [0.25, 0.3) is 0 Å². The Labute approximate surface area is 117 Å². The van der Waals surface area contributed by atoms with E-state index in [0.717, 1.165) is 19.3 Å². The molecule has 1 aliphatic carbocycles. The van der Waals surface area contributed by atoms with E-state index in [1.165, 1.54) is 0 Å². The van der Waals surface area contributed by atoms with Gasteiger partial charge in [-0.15, -0.1) is 0 Å². The monoisotopic (exact) mass is 277 g/mol. The molecule has 2 atom stereocenters. The van der Waals surface area contributed by atoms with E-state index >= 15 is 0 Å². The first-order valence-electron chi connectivity index (χ1n) is 6.67. The molecule has 1 aromatic carbocycles. The largest absolute Gasteiger partial charge is 0.393 e. The third-order valence-electron chi connectivity index (χ3n) is 3.48. The fourth-order valence-corrected chi connectivity index (χ4v) is 2.42. The van der Waals surface area contributed by atoms with Crippen LogP contribution in [0.1, 0.15) is 29.6 Å². The molecule has 1 saturated carbocycles. The van der Waals surface area contributed by atoms with Crippen LogP contribution in [0.15, 0.2) is 24.3 Å². The van der Waals surface area contributed by atoms with Crippen molar-refractivity contribution >= 4 is 17.6 Å². The number of hydrogen-bond acceptors (Lipinski definition) is 3. The number of benzene rings is 1. The van der Waals surface area contributed by atoms with Gasteiger partial charge < -0.3 is 21.5 Å². The SMILES string of the molecule is NC(=O)Nc1ccc(C(=O)NCC2CCC(O)C2)cc1. The highest BCUT2D eigenvalue weighted by molar-refractivity contribution is 5.95. The molecular formula is C14H19N3O3. The molecule has 20 heavy (non-hydrogen) atoms. The average molecular weight is 277 g/mol. The number of nitrogens with two attached hydrogens (primary N) is 1. The van der Waals surface area contributed by atoms with Gasteiger partial charge in [-0.2, -0.15) is 0 Å². The van der Waals surface area contributed by atoms with Gasteiger partial charge in [0.2, 0.25) is 0 Å². The molecule has 2 rings (SSSR count). The van der Waals surface area contributed by atoms with E-state index in [0.29, 0.717) is 23.7 Å². The van der Waals surface area contributed by atoms with Gasteiger partial charge in [0.25, 0.3) is 5.91 Å². The van der Waals surface area contributed by atoms with Crippen LogP contribution < -0.4 is 16.4 Å². The van der Waals surface area contributed by atoms with Crippen molar-refractivity contribution in [3.05, 3.63) is 29.8 Å². The fourth-order valence-electron chi connectivity index (χ4n) is 2.42. The van der Waals surface area contributed by atoms with Crippen molar-refractivity contribution < 1.29 is 14.7 Å². The molecule has 108 valence electrons. The van der Waals surface area contributed by atoms with Gasteiger partial charge in [0.1, 0.15) is 0 Å². The van der Waals surface area contributed by atoms with Gasteiger partial charge in [0.15, 0.2) is 0 Å². The number of anilines is 1. The Balaban J connectivity index is 1.84. The van der Waals surface area contributed by atoms with Crippen LogP contribution in [0.2, 0.25) is 0 Å². The first-order chi connectivity index (χ1) is 9.54. The number of urea groups is 1. The number of hydrogen-bond donors (Lipinski definition) is 4. The molecule has 0 radical (unpaired) electrons. The highest BCUT2D eigenvalue weighted by atomic mass is 16.3. The van der Waals surface area contributed by atoms with Crippen molar-refractivity contribution in [2.75, 3.05) is 11.9 Å². The predicted molar refractivity (Wildman–Crippen MR) is 75.3 cm³/mol. The lowest BCUT2D eigenvalue weighted by atomic mass is 10.1. The van der Waals surface area contributed by atoms with E-state index in [1.54, 1.807) is 24.3 Å². The third-order valence-corrected chi connectivity index (χ3v) is 3.48. The Morgan fingerprint density at radius 1 is 1.25 bits per heavy atom. The molecule has 3 amide bonds. The van der Waals surface area contributed by atoms with E-state index in [9.17, 15) is 14.7 Å². The summed E-state index contributed by atoms with van der Waals surface area (Å²) in [4.78, 5) is 22.6. The highest BCUT2D eigenvalue weighted by Gasteiger charge is 2.23. The zero-order valence-corrected chi connectivity index (χ0v) is 11.1. The summed E-state index contributed by atoms with van der Waals surface area (Å²) in [6.45, 7) is 0.581. The zero-order valence-electron chi connectivity index (χ0n) is 11.1. The van der Waals surface area contributed by atoms with Gasteiger partial charge in [-0.25, -0.2) is 4.79 Å². The van der Waals surface area contributed by atoms with Crippen LogP contribution in [0.5, 0.6) is 0 Å². The minimum atomic E-state index is -0.637. The summed E-state index contributed by atoms with van der Waals surface area (Å²) in [6.07, 6.45) is 2.29. The van der Waals surface area contributed by atoms with Crippen LogP contribution in [0.3, 0.4) is 0 Å². The number of primary amides is 1. The Morgan fingerprint density at radius 2 is 1.95 bits per heavy atom. The maximum Gasteiger partial charge on any atom is 0.316 e. The van der Waals surface area contributed by atoms with Crippen molar-refractivity contribution in [2.45, 2.75) is 25.4 Å². The number of rotatable bonds is 4. The van der Waals surface area contributed by atoms with Gasteiger partial charge in [0, 0.05) is 17.8 Å². The summed E-state index contributed by atoms with van der Waals surface area (Å²) in [5.74, 6) is 0.196. The molecule has 2 unspecified atom stereocenters. The Morgan fingerprint density at radius 3 is 2.50 bits per heavy atom. The fraction of sp³-hybridized carbons (Fsp3) is 0.429. The second-order valence-electron chi connectivity index (χ2n) is 5.11. The third kappa shape index (κ3) is 3.96. The molecule has 0 bridgehead atoms. The van der Waals surface area contributed by atoms with Crippen LogP contribution in [-0.2, 0) is 0 Å². The molecular weight excluding hydrogens is 258 g/mol. The van der Waals surface area contributed by atoms with Crippen molar-refractivity contribution in [1.82, 2.24) is 5.32 Å². The van der Waals surface area contributed by atoms with E-state index in [-0.39, 0.29) is 12.0 Å². The molecule has 5 N–H and O–H groups in total. The van der Waals surface area contributed by atoms with E-state index < -0.39 is 6.03 Å². The lowest BCUT2D eigenvalue weighted by molar-refractivity contribution is 0.0945. The number of amides is 3. The average Bonchev–Trinajstić information content (AvgIpc) is 2.82. The van der Waals surface area contributed by atoms with Gasteiger partial charge in [-0.1, -0.05) is 0 Å². The second-order valence-corrected chi connectivity index (χ2v) is 5.11. The standard InChI is InChI=1S/C14H19N3O3/c15-14(20)17-11-4-2-10(3-5-11)13(19)16-8-9-1-6-12(18)7-9/h2-5,9,12,18H,1,6-8H2,(H,16,19)(H3,15,17,20). The first kappa shape index (κ1) is 14.3. The molecule has 0 spiro atoms. The molecule has 6 heteroatoms. The Bertz CT molecular complexity index is 487. The van der Waals surface area contributed by atoms with E-state index in [4.69, 9.17) is 5.73 Å². The molecule has 1 aromatic rings. The lowest BCUT2D eigenvalue weighted by Gasteiger charge is -2.11. The minimum absolute atomic E-state index is 0.156. The topological polar surface area (TPSA) is 104 Å². The summed E-state index contributed by atoms with van der Waals surface area (Å²) in [6, 6.07) is 5.87. The van der Waals surface area contributed by atoms with E-state index in [1.807, 2.05) is 0 Å². The molecule has 6 nitrogen and oxygen atoms in total. The van der Waals surface area contributed by atoms with Crippen molar-refractivity contribution in [3.8, 4) is 0 Å². The van der Waals surface area contributed by atoms with Gasteiger partial charge in [-0.05, 0) is 49.4 Å². The second kappa shape index (κ2) is 6.38. The summed E-state index contributed by atoms with van der Waals surface area (Å²) in [7, 11) is 0. The van der Waals surface area contributed by atoms with E-state index in [2.05, 4.69) is 10.6 Å². The maximum atomic E-state index is 11.9. The Hall–Kier alpha value is -2.08. The number of aliphatic hydroxyl groups is 1. The molecule has 1 fully saturated rings. The van der Waals surface area contributed by atoms with Gasteiger partial charge in [-0.3, -0.25) is 4.79 Å². The van der Waals surface area contributed by atoms with Crippen LogP contribution in [-0.4, -0.2) is 29.7 Å². The van der Waals surface area contributed by atoms with Crippen LogP contribution >= 0.6 is 0 Å². The summed E-state index contributed by atoms with van der Waals surface area (Å²) in [5, 5.41) is 14.7. The van der Waals surface area contributed by atoms with Gasteiger partial charge in [0.05, 0.1) is 6.10 Å². The minimum Gasteiger partial charge on any atom is -0.393 e. The number of aliphatic hydroxyl groups excluding tert-OH is 1. The summed E-state index contributed by atoms with van der Waals surface area (Å²) < 4.78 is 0. The van der Waals surface area contributed by atoms with Crippen LogP contribution in [0.4, 0.5) is 10.5 Å². The van der Waals surface area contributed by atoms with Crippen molar-refractivity contribution in [3.63, 3.8) is 0 Å². The smallest absolute Gasteiger partial charge is 0.316 e. The molecule has 0 saturated heterocycles. The van der Waals surface area contributed by atoms with Crippen LogP contribution in [0, 0.1) is 5.92 Å². The van der Waals surface area contributed by atoms with Crippen molar-refractivity contribution in [1.29, 1.82) is 0 Å². The summed E-state index contributed by atoms with van der Waals surface area (Å²) >= 11 is 0. The highest BCUT2D eigenvalue weighted by Crippen LogP contribution is 2.24. The number of carbonyl (C=O) groups is 2. The zero-order chi connectivity index (χ0) is 14.5. The first-order valence-corrected chi connectivity index (χ1v) is 6.67. The van der Waals surface area contributed by atoms with Crippen molar-refractivity contribution in [2.24, 2.45) is 11.7 Å². The predicted octanol–water partition coefficient (Wildman–Crippen LogP) is 1.07. The molecule has 0 heterocycles. The van der Waals surface area contributed by atoms with Gasteiger partial charge >= 0.3 is 6.03 Å². The normalized spacial score (nSPS) is 21.4. The Kier molecular flexibility index (Phi) is 4.57. The summed E-state index contributed by atoms with van der Waals surface area (Å²) in [5.41, 5.74) is 6.08. The number of carbonyl (C=O) groups excluding carboxylic acids is 2. The number of nitrogens with one attached hydrogen (secondary N) is 2. The molecule has 0 aromatic heterocycles. The lowest BCUT2D eigenvalue weighted by Crippen LogP contribution is -2.28. The molecule has 0 aliphatic heterocycles. The molecule has 1 aliphatic rings.